The first-order chi connectivity index (χ1) is 7.28. The largest absolute Gasteiger partial charge is 0.462 e. The lowest BCUT2D eigenvalue weighted by Crippen LogP contribution is -2.55. The second-order valence-corrected chi connectivity index (χ2v) is 3.08. The maximum absolute atomic E-state index is 13.3. The van der Waals surface area contributed by atoms with Gasteiger partial charge in [0, 0.05) is 0 Å². The summed E-state index contributed by atoms with van der Waals surface area (Å²) in [6, 6.07) is 0. The van der Waals surface area contributed by atoms with Gasteiger partial charge >= 0.3 is 11.8 Å². The summed E-state index contributed by atoms with van der Waals surface area (Å²) < 4.78 is 17.4. The molecule has 0 spiro atoms. The van der Waals surface area contributed by atoms with E-state index in [9.17, 15) is 9.18 Å². The van der Waals surface area contributed by atoms with Crippen molar-refractivity contribution in [2.24, 2.45) is 0 Å². The molecule has 0 saturated carbocycles. The summed E-state index contributed by atoms with van der Waals surface area (Å²) in [5, 5.41) is 44.4. The molecule has 0 rings (SSSR count). The van der Waals surface area contributed by atoms with Gasteiger partial charge in [-0.15, -0.1) is 0 Å². The van der Waals surface area contributed by atoms with Crippen LogP contribution in [0.4, 0.5) is 4.39 Å². The first-order valence-electron chi connectivity index (χ1n) is 4.52. The Hall–Kier alpha value is -0.800. The summed E-state index contributed by atoms with van der Waals surface area (Å²) in [6.45, 7) is 0.132. The molecule has 16 heavy (non-hydrogen) atoms. The van der Waals surface area contributed by atoms with Crippen LogP contribution >= 0.6 is 0 Å². The molecule has 0 aliphatic carbocycles. The van der Waals surface area contributed by atoms with Gasteiger partial charge in [0.25, 0.3) is 0 Å². The second-order valence-electron chi connectivity index (χ2n) is 3.08. The Labute approximate surface area is 90.7 Å². The van der Waals surface area contributed by atoms with E-state index in [1.807, 2.05) is 0 Å². The number of hydrogen-bond donors (Lipinski definition) is 5. The predicted octanol–water partition coefficient (Wildman–Crippen LogP) is -2.72. The highest BCUT2D eigenvalue weighted by Crippen LogP contribution is 2.19. The van der Waals surface area contributed by atoms with E-state index in [4.69, 9.17) is 25.5 Å². The Morgan fingerprint density at radius 1 is 1.44 bits per heavy atom. The minimum Gasteiger partial charge on any atom is -0.462 e. The highest BCUT2D eigenvalue weighted by molar-refractivity contribution is 5.78. The van der Waals surface area contributed by atoms with Crippen LogP contribution < -0.4 is 0 Å². The molecule has 0 aliphatic heterocycles. The summed E-state index contributed by atoms with van der Waals surface area (Å²) in [5.41, 5.74) is 0. The number of hydrogen-bond acceptors (Lipinski definition) is 7. The van der Waals surface area contributed by atoms with Gasteiger partial charge in [0.1, 0.15) is 12.2 Å². The molecule has 0 aromatic heterocycles. The molecule has 7 nitrogen and oxygen atoms in total. The van der Waals surface area contributed by atoms with Crippen LogP contribution in [0.3, 0.4) is 0 Å². The minimum atomic E-state index is -3.86. The van der Waals surface area contributed by atoms with Crippen molar-refractivity contribution in [3.05, 3.63) is 0 Å². The van der Waals surface area contributed by atoms with Gasteiger partial charge in [-0.1, -0.05) is 0 Å². The zero-order valence-corrected chi connectivity index (χ0v) is 8.58. The zero-order valence-electron chi connectivity index (χ0n) is 8.58. The maximum Gasteiger partial charge on any atom is 0.374 e. The number of halogens is 1. The quantitative estimate of drug-likeness (QED) is 0.320. The number of ether oxygens (including phenoxy) is 1. The fraction of sp³-hybridized carbons (Fsp3) is 0.875. The highest BCUT2D eigenvalue weighted by atomic mass is 19.2. The molecule has 0 heterocycles. The van der Waals surface area contributed by atoms with Gasteiger partial charge in [-0.05, 0) is 6.92 Å². The molecular formula is C8H15FO7. The lowest BCUT2D eigenvalue weighted by Gasteiger charge is -2.28. The van der Waals surface area contributed by atoms with Crippen molar-refractivity contribution in [2.75, 3.05) is 13.2 Å². The van der Waals surface area contributed by atoms with Crippen molar-refractivity contribution in [1.29, 1.82) is 0 Å². The van der Waals surface area contributed by atoms with Gasteiger partial charge in [-0.2, -0.15) is 4.39 Å². The SMILES string of the molecule is CCOC(=O)C(O)(F)C(O)C(O)C(O)CO. The average Bonchev–Trinajstić information content (AvgIpc) is 2.26. The Bertz CT molecular complexity index is 232. The summed E-state index contributed by atoms with van der Waals surface area (Å²) >= 11 is 0. The van der Waals surface area contributed by atoms with Crippen molar-refractivity contribution in [1.82, 2.24) is 0 Å². The van der Waals surface area contributed by atoms with Crippen molar-refractivity contribution in [2.45, 2.75) is 31.1 Å². The fourth-order valence-electron chi connectivity index (χ4n) is 0.898. The predicted molar refractivity (Wildman–Crippen MR) is 47.8 cm³/mol. The first-order valence-corrected chi connectivity index (χ1v) is 4.52. The van der Waals surface area contributed by atoms with Gasteiger partial charge in [0.15, 0.2) is 6.10 Å². The van der Waals surface area contributed by atoms with E-state index in [-0.39, 0.29) is 6.61 Å². The number of esters is 1. The molecule has 8 heteroatoms. The van der Waals surface area contributed by atoms with Crippen LogP contribution in [0, 0.1) is 0 Å². The van der Waals surface area contributed by atoms with E-state index < -0.39 is 36.7 Å². The van der Waals surface area contributed by atoms with Crippen LogP contribution in [-0.4, -0.2) is 68.9 Å². The number of alkyl halides is 1. The van der Waals surface area contributed by atoms with Crippen LogP contribution in [0.15, 0.2) is 0 Å². The van der Waals surface area contributed by atoms with Crippen LogP contribution in [-0.2, 0) is 9.53 Å². The van der Waals surface area contributed by atoms with E-state index in [1.54, 1.807) is 0 Å². The number of aliphatic hydroxyl groups is 5. The Kier molecular flexibility index (Phi) is 5.76. The monoisotopic (exact) mass is 242 g/mol. The van der Waals surface area contributed by atoms with Crippen molar-refractivity contribution in [3.63, 3.8) is 0 Å². The highest BCUT2D eigenvalue weighted by Gasteiger charge is 2.50. The first kappa shape index (κ1) is 15.2. The van der Waals surface area contributed by atoms with Crippen LogP contribution in [0.25, 0.3) is 0 Å². The van der Waals surface area contributed by atoms with Crippen molar-refractivity contribution in [3.8, 4) is 0 Å². The molecule has 0 aromatic rings. The van der Waals surface area contributed by atoms with E-state index in [2.05, 4.69) is 4.74 Å². The molecule has 0 fully saturated rings. The number of rotatable bonds is 6. The summed E-state index contributed by atoms with van der Waals surface area (Å²) in [6.07, 6.45) is -6.76. The van der Waals surface area contributed by atoms with E-state index in [0.717, 1.165) is 0 Å². The molecule has 96 valence electrons. The van der Waals surface area contributed by atoms with Crippen molar-refractivity contribution >= 4 is 5.97 Å². The van der Waals surface area contributed by atoms with Gasteiger partial charge < -0.3 is 30.3 Å². The standard InChI is InChI=1S/C8H15FO7/c1-2-16-7(14)8(9,15)6(13)5(12)4(11)3-10/h4-6,10-13,15H,2-3H2,1H3. The molecule has 0 aliphatic rings. The normalized spacial score (nSPS) is 20.7. The topological polar surface area (TPSA) is 127 Å². The Morgan fingerprint density at radius 2 is 1.94 bits per heavy atom. The van der Waals surface area contributed by atoms with E-state index in [1.165, 1.54) is 6.92 Å². The molecule has 0 aromatic carbocycles. The number of carbonyl (C=O) groups is 1. The third-order valence-electron chi connectivity index (χ3n) is 1.86. The summed E-state index contributed by atoms with van der Waals surface area (Å²) in [5.74, 6) is -5.64. The van der Waals surface area contributed by atoms with E-state index >= 15 is 0 Å². The lowest BCUT2D eigenvalue weighted by molar-refractivity contribution is -0.232. The average molecular weight is 242 g/mol. The summed E-state index contributed by atoms with van der Waals surface area (Å²) in [7, 11) is 0. The number of aliphatic hydroxyl groups excluding tert-OH is 4. The van der Waals surface area contributed by atoms with Gasteiger partial charge in [0.05, 0.1) is 13.2 Å². The van der Waals surface area contributed by atoms with Crippen LogP contribution in [0.1, 0.15) is 6.92 Å². The third kappa shape index (κ3) is 3.35. The Morgan fingerprint density at radius 3 is 2.31 bits per heavy atom. The van der Waals surface area contributed by atoms with Gasteiger partial charge in [-0.25, -0.2) is 4.79 Å². The second kappa shape index (κ2) is 6.06. The summed E-state index contributed by atoms with van der Waals surface area (Å²) in [4.78, 5) is 10.9. The molecule has 5 N–H and O–H groups in total. The maximum atomic E-state index is 13.3. The molecule has 4 atom stereocenters. The number of carbonyl (C=O) groups excluding carboxylic acids is 1. The Balaban J connectivity index is 4.67. The smallest absolute Gasteiger partial charge is 0.374 e. The molecule has 4 unspecified atom stereocenters. The molecule has 0 bridgehead atoms. The van der Waals surface area contributed by atoms with Gasteiger partial charge in [-0.3, -0.25) is 0 Å². The molecule has 0 radical (unpaired) electrons. The molecule has 0 saturated heterocycles. The van der Waals surface area contributed by atoms with Gasteiger partial charge in [0.2, 0.25) is 0 Å². The van der Waals surface area contributed by atoms with Crippen LogP contribution in [0.5, 0.6) is 0 Å². The fourth-order valence-corrected chi connectivity index (χ4v) is 0.898. The third-order valence-corrected chi connectivity index (χ3v) is 1.86. The van der Waals surface area contributed by atoms with Crippen molar-refractivity contribution < 1.29 is 39.5 Å². The lowest BCUT2D eigenvalue weighted by atomic mass is 10.0. The molecule has 0 amide bonds. The molecular weight excluding hydrogens is 227 g/mol. The van der Waals surface area contributed by atoms with E-state index in [0.29, 0.717) is 0 Å². The zero-order chi connectivity index (χ0) is 12.9. The minimum absolute atomic E-state index is 0.240. The van der Waals surface area contributed by atoms with Crippen LogP contribution in [0.2, 0.25) is 0 Å².